The number of carboxylic acids is 1. The summed E-state index contributed by atoms with van der Waals surface area (Å²) in [5.74, 6) is -2.16. The Morgan fingerprint density at radius 2 is 2.14 bits per heavy atom. The van der Waals surface area contributed by atoms with Crippen LogP contribution in [0.1, 0.15) is 28.8 Å². The lowest BCUT2D eigenvalue weighted by molar-refractivity contribution is -0.131. The van der Waals surface area contributed by atoms with Gasteiger partial charge < -0.3 is 15.2 Å². The number of carboxylic acid groups (broad SMARTS) is 1. The van der Waals surface area contributed by atoms with Gasteiger partial charge in [0, 0.05) is 37.5 Å². The molecule has 0 radical (unpaired) electrons. The predicted octanol–water partition coefficient (Wildman–Crippen LogP) is 2.08. The summed E-state index contributed by atoms with van der Waals surface area (Å²) in [7, 11) is 1.61. The number of ether oxygens (including phenoxy) is 1. The molecule has 0 aliphatic heterocycles. The molecule has 6 heteroatoms. The van der Waals surface area contributed by atoms with Crippen LogP contribution in [0.2, 0.25) is 0 Å². The van der Waals surface area contributed by atoms with Crippen LogP contribution in [0, 0.1) is 5.82 Å². The summed E-state index contributed by atoms with van der Waals surface area (Å²) in [5, 5.41) is 11.2. The Hall–Kier alpha value is -2.21. The van der Waals surface area contributed by atoms with Crippen molar-refractivity contribution in [3.05, 3.63) is 41.2 Å². The second kappa shape index (κ2) is 8.86. The maximum atomic E-state index is 13.7. The van der Waals surface area contributed by atoms with Crippen LogP contribution in [-0.2, 0) is 9.53 Å². The van der Waals surface area contributed by atoms with Gasteiger partial charge in [0.25, 0.3) is 5.91 Å². The van der Waals surface area contributed by atoms with Crippen LogP contribution < -0.4 is 5.32 Å². The van der Waals surface area contributed by atoms with E-state index in [1.165, 1.54) is 12.1 Å². The molecule has 0 aliphatic carbocycles. The van der Waals surface area contributed by atoms with Crippen LogP contribution in [0.5, 0.6) is 0 Å². The number of unbranched alkanes of at least 4 members (excludes halogenated alkanes) is 1. The molecule has 2 N–H and O–H groups in total. The lowest BCUT2D eigenvalue weighted by Gasteiger charge is -2.06. The minimum absolute atomic E-state index is 0.119. The normalized spacial score (nSPS) is 10.8. The first-order chi connectivity index (χ1) is 10.0. The van der Waals surface area contributed by atoms with Crippen LogP contribution in [0.25, 0.3) is 6.08 Å². The van der Waals surface area contributed by atoms with E-state index in [2.05, 4.69) is 5.32 Å². The summed E-state index contributed by atoms with van der Waals surface area (Å²) in [6.45, 7) is 1.12. The zero-order valence-electron chi connectivity index (χ0n) is 11.8. The van der Waals surface area contributed by atoms with Gasteiger partial charge >= 0.3 is 5.97 Å². The molecule has 0 heterocycles. The van der Waals surface area contributed by atoms with Crippen molar-refractivity contribution in [1.82, 2.24) is 5.32 Å². The molecule has 0 saturated carbocycles. The molecular weight excluding hydrogens is 277 g/mol. The number of carbonyl (C=O) groups excluding carboxylic acids is 1. The van der Waals surface area contributed by atoms with E-state index in [-0.39, 0.29) is 17.0 Å². The van der Waals surface area contributed by atoms with E-state index < -0.39 is 11.8 Å². The Morgan fingerprint density at radius 3 is 2.76 bits per heavy atom. The van der Waals surface area contributed by atoms with E-state index in [0.717, 1.165) is 31.1 Å². The minimum atomic E-state index is -1.16. The summed E-state index contributed by atoms with van der Waals surface area (Å²) in [5.41, 5.74) is 0.320. The summed E-state index contributed by atoms with van der Waals surface area (Å²) >= 11 is 0. The molecule has 0 spiro atoms. The summed E-state index contributed by atoms with van der Waals surface area (Å²) in [6.07, 6.45) is 3.60. The molecule has 0 aromatic heterocycles. The number of carbonyl (C=O) groups is 2. The van der Waals surface area contributed by atoms with Crippen molar-refractivity contribution in [3.63, 3.8) is 0 Å². The first-order valence-electron chi connectivity index (χ1n) is 6.52. The third-order valence-corrected chi connectivity index (χ3v) is 2.73. The fraction of sp³-hybridized carbons (Fsp3) is 0.333. The van der Waals surface area contributed by atoms with E-state index >= 15 is 0 Å². The second-order valence-corrected chi connectivity index (χ2v) is 4.36. The lowest BCUT2D eigenvalue weighted by Crippen LogP contribution is -2.24. The summed E-state index contributed by atoms with van der Waals surface area (Å²) in [4.78, 5) is 22.2. The number of nitrogens with one attached hydrogen (secondary N) is 1. The highest BCUT2D eigenvalue weighted by Gasteiger charge is 2.08. The molecule has 1 rings (SSSR count). The number of halogens is 1. The van der Waals surface area contributed by atoms with Gasteiger partial charge in [-0.1, -0.05) is 6.07 Å². The highest BCUT2D eigenvalue weighted by molar-refractivity contribution is 5.94. The monoisotopic (exact) mass is 295 g/mol. The summed E-state index contributed by atoms with van der Waals surface area (Å²) in [6, 6.07) is 3.91. The Balaban J connectivity index is 2.57. The van der Waals surface area contributed by atoms with E-state index in [0.29, 0.717) is 13.2 Å². The van der Waals surface area contributed by atoms with Gasteiger partial charge in [-0.25, -0.2) is 9.18 Å². The molecule has 114 valence electrons. The van der Waals surface area contributed by atoms with Crippen LogP contribution in [0.15, 0.2) is 24.3 Å². The molecule has 0 fully saturated rings. The van der Waals surface area contributed by atoms with Crippen molar-refractivity contribution in [3.8, 4) is 0 Å². The lowest BCUT2D eigenvalue weighted by atomic mass is 10.1. The van der Waals surface area contributed by atoms with E-state index in [1.807, 2.05) is 0 Å². The van der Waals surface area contributed by atoms with Crippen molar-refractivity contribution in [2.75, 3.05) is 20.3 Å². The Morgan fingerprint density at radius 1 is 1.38 bits per heavy atom. The molecule has 1 aromatic rings. The molecule has 5 nitrogen and oxygen atoms in total. The zero-order chi connectivity index (χ0) is 15.7. The Kier molecular flexibility index (Phi) is 7.11. The number of methoxy groups -OCH3 is 1. The third kappa shape index (κ3) is 6.18. The number of hydrogen-bond donors (Lipinski definition) is 2. The van der Waals surface area contributed by atoms with E-state index in [9.17, 15) is 14.0 Å². The van der Waals surface area contributed by atoms with Crippen LogP contribution in [-0.4, -0.2) is 37.2 Å². The average molecular weight is 295 g/mol. The largest absolute Gasteiger partial charge is 0.478 e. The van der Waals surface area contributed by atoms with E-state index in [4.69, 9.17) is 9.84 Å². The first kappa shape index (κ1) is 16.8. The molecule has 0 saturated heterocycles. The molecule has 0 aliphatic rings. The number of hydrogen-bond acceptors (Lipinski definition) is 3. The van der Waals surface area contributed by atoms with E-state index in [1.54, 1.807) is 7.11 Å². The number of amides is 1. The Bertz CT molecular complexity index is 528. The molecular formula is C15H18FNO4. The number of rotatable bonds is 8. The van der Waals surface area contributed by atoms with Gasteiger partial charge in [-0.2, -0.15) is 0 Å². The number of benzene rings is 1. The smallest absolute Gasteiger partial charge is 0.328 e. The SMILES string of the molecule is COCCCCNC(=O)c1ccc(C=CC(=O)O)c(F)c1. The van der Waals surface area contributed by atoms with Crippen molar-refractivity contribution < 1.29 is 23.8 Å². The highest BCUT2D eigenvalue weighted by Crippen LogP contribution is 2.12. The van der Waals surface area contributed by atoms with Gasteiger partial charge in [0.1, 0.15) is 5.82 Å². The summed E-state index contributed by atoms with van der Waals surface area (Å²) < 4.78 is 18.6. The first-order valence-corrected chi connectivity index (χ1v) is 6.52. The average Bonchev–Trinajstić information content (AvgIpc) is 2.45. The molecule has 0 bridgehead atoms. The quantitative estimate of drug-likeness (QED) is 0.569. The van der Waals surface area contributed by atoms with Crippen LogP contribution in [0.3, 0.4) is 0 Å². The third-order valence-electron chi connectivity index (χ3n) is 2.73. The minimum Gasteiger partial charge on any atom is -0.478 e. The van der Waals surface area contributed by atoms with Gasteiger partial charge in [-0.3, -0.25) is 4.79 Å². The molecule has 0 atom stereocenters. The molecule has 0 unspecified atom stereocenters. The van der Waals surface area contributed by atoms with Gasteiger partial charge in [-0.15, -0.1) is 0 Å². The van der Waals surface area contributed by atoms with Crippen LogP contribution >= 0.6 is 0 Å². The van der Waals surface area contributed by atoms with Gasteiger partial charge in [0.15, 0.2) is 0 Å². The molecule has 1 aromatic carbocycles. The fourth-order valence-corrected chi connectivity index (χ4v) is 1.64. The topological polar surface area (TPSA) is 75.6 Å². The van der Waals surface area contributed by atoms with Gasteiger partial charge in [-0.05, 0) is 31.1 Å². The highest BCUT2D eigenvalue weighted by atomic mass is 19.1. The van der Waals surface area contributed by atoms with Crippen molar-refractivity contribution in [1.29, 1.82) is 0 Å². The molecule has 1 amide bonds. The van der Waals surface area contributed by atoms with Crippen molar-refractivity contribution >= 4 is 18.0 Å². The van der Waals surface area contributed by atoms with Crippen LogP contribution in [0.4, 0.5) is 4.39 Å². The Labute approximate surface area is 122 Å². The second-order valence-electron chi connectivity index (χ2n) is 4.36. The predicted molar refractivity (Wildman–Crippen MR) is 76.5 cm³/mol. The maximum Gasteiger partial charge on any atom is 0.328 e. The van der Waals surface area contributed by atoms with Crippen molar-refractivity contribution in [2.24, 2.45) is 0 Å². The molecule has 21 heavy (non-hydrogen) atoms. The zero-order valence-corrected chi connectivity index (χ0v) is 11.8. The maximum absolute atomic E-state index is 13.7. The van der Waals surface area contributed by atoms with Gasteiger partial charge in [0.2, 0.25) is 0 Å². The standard InChI is InChI=1S/C15H18FNO4/c1-21-9-3-2-8-17-15(20)12-5-4-11(13(16)10-12)6-7-14(18)19/h4-7,10H,2-3,8-9H2,1H3,(H,17,20)(H,18,19). The van der Waals surface area contributed by atoms with Crippen molar-refractivity contribution in [2.45, 2.75) is 12.8 Å². The fourth-order valence-electron chi connectivity index (χ4n) is 1.64. The number of aliphatic carboxylic acids is 1. The van der Waals surface area contributed by atoms with Gasteiger partial charge in [0.05, 0.1) is 0 Å².